The van der Waals surface area contributed by atoms with Crippen LogP contribution in [0.25, 0.3) is 11.3 Å². The lowest BCUT2D eigenvalue weighted by Gasteiger charge is -2.24. The van der Waals surface area contributed by atoms with Crippen molar-refractivity contribution in [3.05, 3.63) is 64.6 Å². The fourth-order valence-corrected chi connectivity index (χ4v) is 4.62. The van der Waals surface area contributed by atoms with E-state index in [0.717, 1.165) is 54.9 Å². The molecule has 1 saturated carbocycles. The summed E-state index contributed by atoms with van der Waals surface area (Å²) in [7, 11) is 3.16. The van der Waals surface area contributed by atoms with Gasteiger partial charge in [-0.05, 0) is 61.1 Å². The number of carbonyl (C=O) groups is 1. The van der Waals surface area contributed by atoms with Crippen molar-refractivity contribution in [2.45, 2.75) is 38.8 Å². The van der Waals surface area contributed by atoms with Crippen LogP contribution in [0.2, 0.25) is 5.02 Å². The first-order valence-corrected chi connectivity index (χ1v) is 11.8. The van der Waals surface area contributed by atoms with Crippen LogP contribution >= 0.6 is 11.6 Å². The molecule has 172 valence electrons. The van der Waals surface area contributed by atoms with E-state index in [9.17, 15) is 4.79 Å². The number of nitrogens with zero attached hydrogens (tertiary/aromatic N) is 3. The number of benzene rings is 2. The van der Waals surface area contributed by atoms with E-state index in [1.807, 2.05) is 17.0 Å². The number of fused-ring (bicyclic) bond motifs is 1. The van der Waals surface area contributed by atoms with Crippen molar-refractivity contribution < 1.29 is 14.3 Å². The molecule has 0 unspecified atom stereocenters. The second kappa shape index (κ2) is 9.10. The van der Waals surface area contributed by atoms with Crippen molar-refractivity contribution in [3.63, 3.8) is 0 Å². The number of aryl methyl sites for hydroxylation is 2. The molecule has 0 radical (unpaired) electrons. The van der Waals surface area contributed by atoms with Gasteiger partial charge < -0.3 is 18.9 Å². The highest BCUT2D eigenvalue weighted by molar-refractivity contribution is 6.31. The number of rotatable bonds is 8. The second-order valence-corrected chi connectivity index (χ2v) is 9.25. The van der Waals surface area contributed by atoms with Crippen molar-refractivity contribution >= 4 is 17.5 Å². The number of aromatic nitrogens is 2. The summed E-state index contributed by atoms with van der Waals surface area (Å²) in [6.07, 6.45) is 6.61. The molecule has 0 atom stereocenters. The summed E-state index contributed by atoms with van der Waals surface area (Å²) in [6.45, 7) is 2.19. The van der Waals surface area contributed by atoms with Crippen LogP contribution in [0.1, 0.15) is 41.0 Å². The molecule has 1 aliphatic carbocycles. The number of halogens is 1. The van der Waals surface area contributed by atoms with E-state index in [1.165, 1.54) is 0 Å². The molecule has 0 spiro atoms. The molecule has 3 aromatic rings. The first kappa shape index (κ1) is 21.8. The third-order valence-electron chi connectivity index (χ3n) is 6.45. The predicted molar refractivity (Wildman–Crippen MR) is 128 cm³/mol. The number of imidazole rings is 1. The molecule has 0 saturated heterocycles. The monoisotopic (exact) mass is 465 g/mol. The van der Waals surface area contributed by atoms with E-state index in [4.69, 9.17) is 26.1 Å². The molecule has 2 aromatic carbocycles. The minimum Gasteiger partial charge on any atom is -0.493 e. The summed E-state index contributed by atoms with van der Waals surface area (Å²) in [5, 5.41) is 0.659. The minimum atomic E-state index is -0.0368. The Hall–Kier alpha value is -2.99. The van der Waals surface area contributed by atoms with Gasteiger partial charge in [0.05, 0.1) is 19.9 Å². The maximum Gasteiger partial charge on any atom is 0.254 e. The quantitative estimate of drug-likeness (QED) is 0.457. The van der Waals surface area contributed by atoms with Gasteiger partial charge in [-0.3, -0.25) is 4.79 Å². The Balaban J connectivity index is 1.42. The van der Waals surface area contributed by atoms with Crippen molar-refractivity contribution in [2.24, 2.45) is 5.92 Å². The van der Waals surface area contributed by atoms with Crippen molar-refractivity contribution in [1.29, 1.82) is 0 Å². The van der Waals surface area contributed by atoms with E-state index in [0.29, 0.717) is 41.1 Å². The molecule has 2 aliphatic rings. The molecular weight excluding hydrogens is 438 g/mol. The summed E-state index contributed by atoms with van der Waals surface area (Å²) >= 11 is 6.59. The van der Waals surface area contributed by atoms with Gasteiger partial charge >= 0.3 is 0 Å². The van der Waals surface area contributed by atoms with Gasteiger partial charge in [-0.1, -0.05) is 17.7 Å². The molecule has 1 amide bonds. The molecule has 0 bridgehead atoms. The van der Waals surface area contributed by atoms with Gasteiger partial charge in [-0.2, -0.15) is 0 Å². The zero-order valence-corrected chi connectivity index (χ0v) is 19.8. The van der Waals surface area contributed by atoms with Crippen molar-refractivity contribution in [1.82, 2.24) is 14.5 Å². The summed E-state index contributed by atoms with van der Waals surface area (Å²) in [5.74, 6) is 2.80. The van der Waals surface area contributed by atoms with Gasteiger partial charge in [0.15, 0.2) is 11.5 Å². The fraction of sp³-hybridized carbons (Fsp3) is 0.385. The van der Waals surface area contributed by atoms with Crippen LogP contribution in [-0.2, 0) is 19.5 Å². The van der Waals surface area contributed by atoms with Gasteiger partial charge in [-0.15, -0.1) is 0 Å². The summed E-state index contributed by atoms with van der Waals surface area (Å²) < 4.78 is 12.9. The Morgan fingerprint density at radius 1 is 1.15 bits per heavy atom. The van der Waals surface area contributed by atoms with Crippen LogP contribution in [0, 0.1) is 5.92 Å². The zero-order valence-electron chi connectivity index (χ0n) is 19.0. The number of methoxy groups -OCH3 is 2. The topological polar surface area (TPSA) is 56.6 Å². The van der Waals surface area contributed by atoms with Crippen LogP contribution in [0.5, 0.6) is 11.5 Å². The van der Waals surface area contributed by atoms with E-state index in [2.05, 4.69) is 16.8 Å². The van der Waals surface area contributed by atoms with Crippen molar-refractivity contribution in [2.75, 3.05) is 20.8 Å². The Labute approximate surface area is 199 Å². The molecule has 7 heteroatoms. The van der Waals surface area contributed by atoms with Gasteiger partial charge in [0.2, 0.25) is 0 Å². The Bertz CT molecular complexity index is 1160. The van der Waals surface area contributed by atoms with Gasteiger partial charge in [-0.25, -0.2) is 4.98 Å². The normalized spacial score (nSPS) is 14.8. The average molecular weight is 466 g/mol. The highest BCUT2D eigenvalue weighted by Gasteiger charge is 2.28. The lowest BCUT2D eigenvalue weighted by molar-refractivity contribution is 0.0734. The third kappa shape index (κ3) is 4.58. The highest BCUT2D eigenvalue weighted by atomic mass is 35.5. The molecule has 5 rings (SSSR count). The maximum atomic E-state index is 13.5. The predicted octanol–water partition coefficient (Wildman–Crippen LogP) is 5.22. The molecule has 1 aliphatic heterocycles. The second-order valence-electron chi connectivity index (χ2n) is 8.84. The molecule has 2 heterocycles. The number of amides is 1. The molecule has 1 fully saturated rings. The van der Waals surface area contributed by atoms with E-state index < -0.39 is 0 Å². The maximum absolute atomic E-state index is 13.5. The summed E-state index contributed by atoms with van der Waals surface area (Å²) in [5.41, 5.74) is 3.49. The molecule has 33 heavy (non-hydrogen) atoms. The van der Waals surface area contributed by atoms with E-state index in [-0.39, 0.29) is 5.91 Å². The summed E-state index contributed by atoms with van der Waals surface area (Å²) in [4.78, 5) is 20.2. The fourth-order valence-electron chi connectivity index (χ4n) is 4.44. The first-order valence-electron chi connectivity index (χ1n) is 11.4. The van der Waals surface area contributed by atoms with Crippen molar-refractivity contribution in [3.8, 4) is 22.8 Å². The third-order valence-corrected chi connectivity index (χ3v) is 6.82. The Morgan fingerprint density at radius 2 is 1.97 bits per heavy atom. The van der Waals surface area contributed by atoms with Gasteiger partial charge in [0, 0.05) is 48.4 Å². The molecule has 6 nitrogen and oxygen atoms in total. The average Bonchev–Trinajstić information content (AvgIpc) is 3.39. The molecule has 1 aromatic heterocycles. The highest BCUT2D eigenvalue weighted by Crippen LogP contribution is 2.34. The van der Waals surface area contributed by atoms with E-state index in [1.54, 1.807) is 32.4 Å². The number of hydrogen-bond acceptors (Lipinski definition) is 4. The van der Waals surface area contributed by atoms with Gasteiger partial charge in [0.1, 0.15) is 5.82 Å². The van der Waals surface area contributed by atoms with Crippen LogP contribution in [0.3, 0.4) is 0 Å². The minimum absolute atomic E-state index is 0.0368. The number of carbonyl (C=O) groups excluding carboxylic acids is 1. The van der Waals surface area contributed by atoms with Crippen LogP contribution in [-0.4, -0.2) is 41.1 Å². The van der Waals surface area contributed by atoms with Crippen LogP contribution < -0.4 is 9.47 Å². The zero-order chi connectivity index (χ0) is 22.9. The first-order chi connectivity index (χ1) is 16.1. The van der Waals surface area contributed by atoms with Gasteiger partial charge in [0.25, 0.3) is 5.91 Å². The molecule has 0 N–H and O–H groups in total. The summed E-state index contributed by atoms with van der Waals surface area (Å²) in [6, 6.07) is 11.3. The Kier molecular flexibility index (Phi) is 6.02. The van der Waals surface area contributed by atoms with E-state index >= 15 is 0 Å². The standard InChI is InChI=1S/C26H28ClN3O3/c1-32-23-10-8-19(13-24(23)33-2)26(31)30(14-17-5-6-17)15-20-12-18(7-9-21(20)27)22-16-29-11-3-4-25(29)28-22/h7-10,12-13,16-17H,3-6,11,14-15H2,1-2H3. The number of ether oxygens (including phenoxy) is 2. The lowest BCUT2D eigenvalue weighted by atomic mass is 10.1. The SMILES string of the molecule is COc1ccc(C(=O)N(Cc2cc(-c3cn4c(n3)CCC4)ccc2Cl)CC2CC2)cc1OC. The lowest BCUT2D eigenvalue weighted by Crippen LogP contribution is -2.32. The van der Waals surface area contributed by atoms with Crippen LogP contribution in [0.4, 0.5) is 0 Å². The largest absolute Gasteiger partial charge is 0.493 e. The van der Waals surface area contributed by atoms with Crippen LogP contribution in [0.15, 0.2) is 42.6 Å². The smallest absolute Gasteiger partial charge is 0.254 e. The molecular formula is C26H28ClN3O3. The number of hydrogen-bond donors (Lipinski definition) is 0. The Morgan fingerprint density at radius 3 is 2.70 bits per heavy atom.